The fourth-order valence-electron chi connectivity index (χ4n) is 4.00. The van der Waals surface area contributed by atoms with Gasteiger partial charge in [-0.05, 0) is 68.1 Å². The van der Waals surface area contributed by atoms with Crippen molar-refractivity contribution in [3.8, 4) is 11.4 Å². The largest absolute Gasteiger partial charge is 0.372 e. The summed E-state index contributed by atoms with van der Waals surface area (Å²) in [5.41, 5.74) is 5.48. The summed E-state index contributed by atoms with van der Waals surface area (Å²) in [7, 11) is 0. The van der Waals surface area contributed by atoms with E-state index in [1.54, 1.807) is 24.7 Å². The molecular weight excluding hydrogens is 388 g/mol. The molecule has 4 heterocycles. The molecule has 0 unspecified atom stereocenters. The van der Waals surface area contributed by atoms with E-state index in [1.807, 2.05) is 13.0 Å². The molecule has 4 aromatic rings. The van der Waals surface area contributed by atoms with Crippen molar-refractivity contribution >= 4 is 28.4 Å². The maximum absolute atomic E-state index is 12.9. The number of pyridine rings is 2. The predicted octanol–water partition coefficient (Wildman–Crippen LogP) is 4.57. The number of aromatic amines is 1. The molecule has 5 rings (SSSR count). The minimum Gasteiger partial charge on any atom is -0.372 e. The van der Waals surface area contributed by atoms with Crippen molar-refractivity contribution in [2.75, 3.05) is 23.3 Å². The normalized spacial score (nSPS) is 14.0. The van der Waals surface area contributed by atoms with Crippen LogP contribution in [0, 0.1) is 6.92 Å². The lowest BCUT2D eigenvalue weighted by molar-refractivity contribution is 0.102. The first kappa shape index (κ1) is 19.2. The number of nitrogens with one attached hydrogen (secondary N) is 2. The van der Waals surface area contributed by atoms with Crippen LogP contribution in [0.25, 0.3) is 22.6 Å². The number of piperidine rings is 1. The van der Waals surface area contributed by atoms with Crippen molar-refractivity contribution in [2.24, 2.45) is 0 Å². The van der Waals surface area contributed by atoms with Crippen LogP contribution in [0.3, 0.4) is 0 Å². The van der Waals surface area contributed by atoms with E-state index in [0.29, 0.717) is 28.2 Å². The van der Waals surface area contributed by atoms with Crippen LogP contribution in [0.5, 0.6) is 0 Å². The molecule has 0 radical (unpaired) electrons. The molecule has 1 aromatic carbocycles. The molecule has 2 N–H and O–H groups in total. The fourth-order valence-corrected chi connectivity index (χ4v) is 4.00. The second-order valence-electron chi connectivity index (χ2n) is 7.88. The third-order valence-electron chi connectivity index (χ3n) is 5.79. The molecule has 0 aliphatic carbocycles. The smallest absolute Gasteiger partial charge is 0.258 e. The van der Waals surface area contributed by atoms with E-state index in [-0.39, 0.29) is 5.91 Å². The van der Waals surface area contributed by atoms with Crippen LogP contribution in [-0.2, 0) is 0 Å². The lowest BCUT2D eigenvalue weighted by Crippen LogP contribution is -2.29. The Balaban J connectivity index is 1.43. The molecule has 7 nitrogen and oxygen atoms in total. The number of H-pyrrole nitrogens is 1. The van der Waals surface area contributed by atoms with Gasteiger partial charge in [-0.1, -0.05) is 0 Å². The number of carbonyl (C=O) groups is 1. The van der Waals surface area contributed by atoms with Crippen molar-refractivity contribution in [3.05, 3.63) is 66.1 Å². The van der Waals surface area contributed by atoms with Crippen molar-refractivity contribution in [2.45, 2.75) is 26.2 Å². The summed E-state index contributed by atoms with van der Waals surface area (Å²) >= 11 is 0. The third kappa shape index (κ3) is 3.86. The number of hydrogen-bond acceptors (Lipinski definition) is 5. The van der Waals surface area contributed by atoms with Crippen LogP contribution in [0.2, 0.25) is 0 Å². The number of rotatable bonds is 4. The van der Waals surface area contributed by atoms with Gasteiger partial charge in [-0.3, -0.25) is 9.78 Å². The lowest BCUT2D eigenvalue weighted by Gasteiger charge is -2.28. The minimum absolute atomic E-state index is 0.223. The number of nitrogens with zero attached hydrogens (tertiary/aromatic N) is 4. The van der Waals surface area contributed by atoms with Gasteiger partial charge in [0.2, 0.25) is 0 Å². The standard InChI is InChI=1S/C24H24N6O/c1-16-9-11-25-15-20(16)27-24(31)19-10-12-26-23-21(19)28-22(29-23)17-5-7-18(8-6-17)30-13-3-2-4-14-30/h5-12,15H,2-4,13-14H2,1H3,(H,27,31)(H,26,28,29). The van der Waals surface area contributed by atoms with Crippen molar-refractivity contribution in [1.82, 2.24) is 19.9 Å². The van der Waals surface area contributed by atoms with Crippen LogP contribution in [-0.4, -0.2) is 38.9 Å². The molecule has 1 amide bonds. The lowest BCUT2D eigenvalue weighted by atomic mass is 10.1. The Bertz CT molecular complexity index is 1220. The summed E-state index contributed by atoms with van der Waals surface area (Å²) in [5.74, 6) is 0.477. The van der Waals surface area contributed by atoms with Gasteiger partial charge in [0.1, 0.15) is 5.82 Å². The summed E-state index contributed by atoms with van der Waals surface area (Å²) in [6.07, 6.45) is 8.77. The summed E-state index contributed by atoms with van der Waals surface area (Å²) in [4.78, 5) is 31.7. The zero-order valence-corrected chi connectivity index (χ0v) is 17.4. The van der Waals surface area contributed by atoms with E-state index in [0.717, 1.165) is 24.2 Å². The third-order valence-corrected chi connectivity index (χ3v) is 5.79. The van der Waals surface area contributed by atoms with E-state index >= 15 is 0 Å². The number of anilines is 2. The Morgan fingerprint density at radius 1 is 1.03 bits per heavy atom. The number of amides is 1. The van der Waals surface area contributed by atoms with Crippen LogP contribution < -0.4 is 10.2 Å². The highest BCUT2D eigenvalue weighted by Gasteiger charge is 2.17. The van der Waals surface area contributed by atoms with Gasteiger partial charge in [-0.25, -0.2) is 9.97 Å². The average molecular weight is 412 g/mol. The molecule has 31 heavy (non-hydrogen) atoms. The zero-order chi connectivity index (χ0) is 21.2. The molecule has 156 valence electrons. The van der Waals surface area contributed by atoms with Gasteiger partial charge in [0.25, 0.3) is 5.91 Å². The van der Waals surface area contributed by atoms with E-state index in [4.69, 9.17) is 0 Å². The summed E-state index contributed by atoms with van der Waals surface area (Å²) in [5, 5.41) is 2.93. The number of hydrogen-bond donors (Lipinski definition) is 2. The van der Waals surface area contributed by atoms with Crippen LogP contribution in [0.4, 0.5) is 11.4 Å². The van der Waals surface area contributed by atoms with Gasteiger partial charge in [0, 0.05) is 36.7 Å². The highest BCUT2D eigenvalue weighted by atomic mass is 16.1. The SMILES string of the molecule is Cc1ccncc1NC(=O)c1ccnc2nc(-c3ccc(N4CCCCC4)cc3)[nH]c12. The first-order valence-electron chi connectivity index (χ1n) is 10.6. The topological polar surface area (TPSA) is 86.8 Å². The first-order valence-corrected chi connectivity index (χ1v) is 10.6. The Morgan fingerprint density at radius 2 is 1.84 bits per heavy atom. The average Bonchev–Trinajstić information content (AvgIpc) is 3.26. The minimum atomic E-state index is -0.223. The van der Waals surface area contributed by atoms with E-state index in [1.165, 1.54) is 24.9 Å². The number of imidazole rings is 1. The monoisotopic (exact) mass is 412 g/mol. The Morgan fingerprint density at radius 3 is 2.61 bits per heavy atom. The molecule has 7 heteroatoms. The van der Waals surface area contributed by atoms with Gasteiger partial charge in [0.05, 0.1) is 23.0 Å². The van der Waals surface area contributed by atoms with Crippen LogP contribution in [0.1, 0.15) is 35.2 Å². The Kier molecular flexibility index (Phi) is 5.08. The zero-order valence-electron chi connectivity index (χ0n) is 17.4. The Hall–Kier alpha value is -3.74. The van der Waals surface area contributed by atoms with Gasteiger partial charge < -0.3 is 15.2 Å². The van der Waals surface area contributed by atoms with Crippen molar-refractivity contribution in [1.29, 1.82) is 0 Å². The van der Waals surface area contributed by atoms with Gasteiger partial charge in [-0.15, -0.1) is 0 Å². The molecule has 1 saturated heterocycles. The van der Waals surface area contributed by atoms with Crippen molar-refractivity contribution in [3.63, 3.8) is 0 Å². The molecule has 1 aliphatic heterocycles. The second kappa shape index (κ2) is 8.18. The van der Waals surface area contributed by atoms with Crippen molar-refractivity contribution < 1.29 is 4.79 Å². The predicted molar refractivity (Wildman–Crippen MR) is 122 cm³/mol. The summed E-state index contributed by atoms with van der Waals surface area (Å²) in [6.45, 7) is 4.16. The highest BCUT2D eigenvalue weighted by Crippen LogP contribution is 2.26. The molecule has 3 aromatic heterocycles. The van der Waals surface area contributed by atoms with E-state index in [2.05, 4.69) is 54.4 Å². The molecular formula is C24H24N6O. The van der Waals surface area contributed by atoms with Gasteiger partial charge in [0.15, 0.2) is 5.65 Å². The number of fused-ring (bicyclic) bond motifs is 1. The number of benzene rings is 1. The number of aryl methyl sites for hydroxylation is 1. The molecule has 0 bridgehead atoms. The van der Waals surface area contributed by atoms with Gasteiger partial charge >= 0.3 is 0 Å². The summed E-state index contributed by atoms with van der Waals surface area (Å²) in [6, 6.07) is 12.0. The van der Waals surface area contributed by atoms with Gasteiger partial charge in [-0.2, -0.15) is 0 Å². The molecule has 0 saturated carbocycles. The highest BCUT2D eigenvalue weighted by molar-refractivity contribution is 6.11. The Labute approximate surface area is 180 Å². The maximum Gasteiger partial charge on any atom is 0.258 e. The van der Waals surface area contributed by atoms with Crippen LogP contribution in [0.15, 0.2) is 55.0 Å². The quantitative estimate of drug-likeness (QED) is 0.513. The second-order valence-corrected chi connectivity index (χ2v) is 7.88. The number of aromatic nitrogens is 4. The fraction of sp³-hybridized carbons (Fsp3) is 0.250. The molecule has 1 fully saturated rings. The number of carbonyl (C=O) groups excluding carboxylic acids is 1. The van der Waals surface area contributed by atoms with E-state index < -0.39 is 0 Å². The van der Waals surface area contributed by atoms with Crippen LogP contribution >= 0.6 is 0 Å². The molecule has 0 spiro atoms. The first-order chi connectivity index (χ1) is 15.2. The van der Waals surface area contributed by atoms with E-state index in [9.17, 15) is 4.79 Å². The summed E-state index contributed by atoms with van der Waals surface area (Å²) < 4.78 is 0. The maximum atomic E-state index is 12.9. The molecule has 1 aliphatic rings. The molecule has 0 atom stereocenters.